The Morgan fingerprint density at radius 1 is 1.75 bits per heavy atom. The first-order chi connectivity index (χ1) is 7.56. The molecule has 1 heterocycles. The minimum absolute atomic E-state index is 0.0290. The number of hydrogen-bond acceptors (Lipinski definition) is 4. The molecule has 6 nitrogen and oxygen atoms in total. The van der Waals surface area contributed by atoms with Gasteiger partial charge in [0.1, 0.15) is 12.2 Å². The summed E-state index contributed by atoms with van der Waals surface area (Å²) < 4.78 is 1.05. The highest BCUT2D eigenvalue weighted by atomic mass is 35.5. The van der Waals surface area contributed by atoms with Gasteiger partial charge in [0, 0.05) is 0 Å². The summed E-state index contributed by atoms with van der Waals surface area (Å²) >= 11 is 5.74. The predicted molar refractivity (Wildman–Crippen MR) is 60.0 cm³/mol. The number of anilines is 1. The van der Waals surface area contributed by atoms with E-state index in [1.807, 2.05) is 0 Å². The number of amides is 1. The van der Waals surface area contributed by atoms with Crippen LogP contribution in [0.3, 0.4) is 0 Å². The molecule has 0 aromatic carbocycles. The van der Waals surface area contributed by atoms with E-state index in [0.29, 0.717) is 0 Å². The summed E-state index contributed by atoms with van der Waals surface area (Å²) in [6.45, 7) is -0.156. The molecule has 1 rings (SSSR count). The van der Waals surface area contributed by atoms with E-state index in [2.05, 4.69) is 16.3 Å². The number of aromatic nitrogens is 2. The van der Waals surface area contributed by atoms with Gasteiger partial charge in [-0.05, 0) is 0 Å². The number of rotatable bonds is 4. The van der Waals surface area contributed by atoms with E-state index in [-0.39, 0.29) is 23.8 Å². The summed E-state index contributed by atoms with van der Waals surface area (Å²) in [6.07, 6.45) is 6.33. The third-order valence-electron chi connectivity index (χ3n) is 1.68. The van der Waals surface area contributed by atoms with Gasteiger partial charge in [0.15, 0.2) is 0 Å². The smallest absolute Gasteiger partial charge is 0.292 e. The average molecular weight is 241 g/mol. The van der Waals surface area contributed by atoms with E-state index in [1.165, 1.54) is 6.20 Å². The molecule has 1 aromatic rings. The van der Waals surface area contributed by atoms with Gasteiger partial charge in [-0.15, -0.1) is 6.42 Å². The fraction of sp³-hybridized carbons (Fsp3) is 0.222. The Kier molecular flexibility index (Phi) is 3.91. The molecule has 0 spiro atoms. The standard InChI is InChI=1S/C9H9ClN4O2/c1-2-3-14-9(16)8(6(10)4-13-14)12-5-7(11)15/h1,4,12H,3,5H2,(H2,11,15). The molecule has 0 bridgehead atoms. The van der Waals surface area contributed by atoms with Crippen molar-refractivity contribution in [2.75, 3.05) is 11.9 Å². The largest absolute Gasteiger partial charge is 0.370 e. The maximum absolute atomic E-state index is 11.7. The molecule has 0 unspecified atom stereocenters. The number of halogens is 1. The van der Waals surface area contributed by atoms with Crippen LogP contribution in [-0.4, -0.2) is 22.2 Å². The molecule has 1 amide bonds. The van der Waals surface area contributed by atoms with Crippen LogP contribution in [0, 0.1) is 12.3 Å². The topological polar surface area (TPSA) is 90.0 Å². The number of primary amides is 1. The predicted octanol–water partition coefficient (Wildman–Crippen LogP) is -0.573. The van der Waals surface area contributed by atoms with Crippen molar-refractivity contribution in [3.05, 3.63) is 21.6 Å². The molecule has 16 heavy (non-hydrogen) atoms. The lowest BCUT2D eigenvalue weighted by molar-refractivity contribution is -0.116. The van der Waals surface area contributed by atoms with Gasteiger partial charge in [-0.1, -0.05) is 17.5 Å². The molecule has 0 aliphatic rings. The molecule has 7 heteroatoms. The summed E-state index contributed by atoms with van der Waals surface area (Å²) in [5, 5.41) is 6.37. The summed E-state index contributed by atoms with van der Waals surface area (Å²) in [7, 11) is 0. The lowest BCUT2D eigenvalue weighted by Gasteiger charge is -2.07. The lowest BCUT2D eigenvalue weighted by Crippen LogP contribution is -2.29. The Bertz CT molecular complexity index is 503. The quantitative estimate of drug-likeness (QED) is 0.690. The van der Waals surface area contributed by atoms with Crippen LogP contribution >= 0.6 is 11.6 Å². The number of hydrogen-bond donors (Lipinski definition) is 2. The average Bonchev–Trinajstić information content (AvgIpc) is 2.22. The lowest BCUT2D eigenvalue weighted by atomic mass is 10.4. The minimum atomic E-state index is -0.601. The van der Waals surface area contributed by atoms with Gasteiger partial charge in [-0.2, -0.15) is 5.10 Å². The Hall–Kier alpha value is -2.00. The fourth-order valence-electron chi connectivity index (χ4n) is 1.00. The Morgan fingerprint density at radius 3 is 3.00 bits per heavy atom. The maximum atomic E-state index is 11.7. The van der Waals surface area contributed by atoms with E-state index in [0.717, 1.165) is 4.68 Å². The molecule has 0 radical (unpaired) electrons. The number of carbonyl (C=O) groups excluding carboxylic acids is 1. The molecule has 0 aliphatic carbocycles. The van der Waals surface area contributed by atoms with Crippen LogP contribution in [0.5, 0.6) is 0 Å². The zero-order chi connectivity index (χ0) is 12.1. The third kappa shape index (κ3) is 2.74. The second-order valence-electron chi connectivity index (χ2n) is 2.85. The monoisotopic (exact) mass is 240 g/mol. The van der Waals surface area contributed by atoms with Crippen LogP contribution in [-0.2, 0) is 11.3 Å². The van der Waals surface area contributed by atoms with Crippen molar-refractivity contribution in [1.82, 2.24) is 9.78 Å². The molecule has 1 aromatic heterocycles. The number of terminal acetylenes is 1. The minimum Gasteiger partial charge on any atom is -0.370 e. The van der Waals surface area contributed by atoms with E-state index in [1.54, 1.807) is 0 Å². The van der Waals surface area contributed by atoms with Gasteiger partial charge in [0.25, 0.3) is 5.56 Å². The molecular formula is C9H9ClN4O2. The van der Waals surface area contributed by atoms with Crippen molar-refractivity contribution < 1.29 is 4.79 Å². The zero-order valence-electron chi connectivity index (χ0n) is 8.24. The summed E-state index contributed by atoms with van der Waals surface area (Å²) in [4.78, 5) is 22.3. The molecule has 0 saturated heterocycles. The molecule has 3 N–H and O–H groups in total. The maximum Gasteiger partial charge on any atom is 0.292 e. The molecule has 84 valence electrons. The first kappa shape index (κ1) is 12.1. The summed E-state index contributed by atoms with van der Waals surface area (Å²) in [5.41, 5.74) is 4.50. The van der Waals surface area contributed by atoms with Crippen LogP contribution in [0.25, 0.3) is 0 Å². The highest BCUT2D eigenvalue weighted by molar-refractivity contribution is 6.33. The Morgan fingerprint density at radius 2 is 2.44 bits per heavy atom. The van der Waals surface area contributed by atoms with Crippen molar-refractivity contribution in [3.63, 3.8) is 0 Å². The number of nitrogens with zero attached hydrogens (tertiary/aromatic N) is 2. The number of nitrogens with two attached hydrogens (primary N) is 1. The summed E-state index contributed by atoms with van der Waals surface area (Å²) in [5.74, 6) is 1.67. The van der Waals surface area contributed by atoms with Crippen molar-refractivity contribution in [2.45, 2.75) is 6.54 Å². The van der Waals surface area contributed by atoms with Crippen LogP contribution in [0.4, 0.5) is 5.69 Å². The molecule has 0 fully saturated rings. The summed E-state index contributed by atoms with van der Waals surface area (Å²) in [6, 6.07) is 0. The highest BCUT2D eigenvalue weighted by Crippen LogP contribution is 2.14. The first-order valence-electron chi connectivity index (χ1n) is 4.27. The van der Waals surface area contributed by atoms with Gasteiger partial charge in [-0.25, -0.2) is 4.68 Å². The van der Waals surface area contributed by atoms with Crippen molar-refractivity contribution >= 4 is 23.2 Å². The van der Waals surface area contributed by atoms with Gasteiger partial charge in [0.2, 0.25) is 5.91 Å². The second-order valence-corrected chi connectivity index (χ2v) is 3.26. The van der Waals surface area contributed by atoms with Crippen LogP contribution < -0.4 is 16.6 Å². The first-order valence-corrected chi connectivity index (χ1v) is 4.65. The Labute approximate surface area is 96.4 Å². The van der Waals surface area contributed by atoms with Gasteiger partial charge in [-0.3, -0.25) is 9.59 Å². The molecule has 0 saturated carbocycles. The normalized spacial score (nSPS) is 9.50. The van der Waals surface area contributed by atoms with E-state index in [4.69, 9.17) is 23.8 Å². The fourth-order valence-corrected chi connectivity index (χ4v) is 1.19. The second kappa shape index (κ2) is 5.19. The Balaban J connectivity index is 3.07. The zero-order valence-corrected chi connectivity index (χ0v) is 8.99. The van der Waals surface area contributed by atoms with Gasteiger partial charge < -0.3 is 11.1 Å². The van der Waals surface area contributed by atoms with Crippen LogP contribution in [0.2, 0.25) is 5.02 Å². The van der Waals surface area contributed by atoms with Crippen LogP contribution in [0.1, 0.15) is 0 Å². The molecule has 0 aliphatic heterocycles. The van der Waals surface area contributed by atoms with E-state index >= 15 is 0 Å². The van der Waals surface area contributed by atoms with E-state index < -0.39 is 11.5 Å². The van der Waals surface area contributed by atoms with Crippen molar-refractivity contribution in [3.8, 4) is 12.3 Å². The highest BCUT2D eigenvalue weighted by Gasteiger charge is 2.09. The third-order valence-corrected chi connectivity index (χ3v) is 1.96. The number of carbonyl (C=O) groups is 1. The van der Waals surface area contributed by atoms with Crippen LogP contribution in [0.15, 0.2) is 11.0 Å². The van der Waals surface area contributed by atoms with Crippen molar-refractivity contribution in [1.29, 1.82) is 0 Å². The van der Waals surface area contributed by atoms with Crippen molar-refractivity contribution in [2.24, 2.45) is 5.73 Å². The van der Waals surface area contributed by atoms with E-state index in [9.17, 15) is 9.59 Å². The van der Waals surface area contributed by atoms with Gasteiger partial charge in [0.05, 0.1) is 17.8 Å². The van der Waals surface area contributed by atoms with Gasteiger partial charge >= 0.3 is 0 Å². The SMILES string of the molecule is C#CCn1ncc(Cl)c(NCC(N)=O)c1=O. The number of nitrogens with one attached hydrogen (secondary N) is 1. The molecule has 0 atom stereocenters. The molecular weight excluding hydrogens is 232 g/mol.